The molecule has 0 radical (unpaired) electrons. The largest absolute Gasteiger partial charge is 0.370 e. The van der Waals surface area contributed by atoms with Crippen LogP contribution in [-0.2, 0) is 10.0 Å². The molecule has 1 N–H and O–H groups in total. The Morgan fingerprint density at radius 2 is 2.12 bits per heavy atom. The number of rotatable bonds is 1. The number of halogens is 1. The van der Waals surface area contributed by atoms with Crippen molar-refractivity contribution in [1.82, 2.24) is 4.72 Å². The first-order chi connectivity index (χ1) is 8.07. The van der Waals surface area contributed by atoms with Crippen LogP contribution in [0.3, 0.4) is 0 Å². The Hall–Kier alpha value is -0.590. The number of anilines is 1. The van der Waals surface area contributed by atoms with Crippen LogP contribution < -0.4 is 9.62 Å². The molecule has 1 heterocycles. The summed E-state index contributed by atoms with van der Waals surface area (Å²) in [5.74, 6) is 0.206. The van der Waals surface area contributed by atoms with Crippen molar-refractivity contribution in [2.45, 2.75) is 6.42 Å². The fourth-order valence-corrected chi connectivity index (χ4v) is 3.34. The lowest BCUT2D eigenvalue weighted by Crippen LogP contribution is -2.40. The first kappa shape index (κ1) is 12.9. The molecule has 4 nitrogen and oxygen atoms in total. The minimum Gasteiger partial charge on any atom is -0.370 e. The molecule has 17 heavy (non-hydrogen) atoms. The molecule has 2 rings (SSSR count). The molecular formula is C11H15BrN2O2S. The normalized spacial score (nSPS) is 20.6. The van der Waals surface area contributed by atoms with Crippen molar-refractivity contribution in [3.05, 3.63) is 28.7 Å². The summed E-state index contributed by atoms with van der Waals surface area (Å²) >= 11 is 3.44. The van der Waals surface area contributed by atoms with E-state index < -0.39 is 10.0 Å². The molecule has 0 aliphatic carbocycles. The van der Waals surface area contributed by atoms with Crippen molar-refractivity contribution in [2.75, 3.05) is 30.3 Å². The molecule has 0 amide bonds. The highest BCUT2D eigenvalue weighted by molar-refractivity contribution is 9.10. The quantitative estimate of drug-likeness (QED) is 0.855. The second kappa shape index (κ2) is 5.37. The smallest absolute Gasteiger partial charge is 0.211 e. The number of benzene rings is 1. The minimum atomic E-state index is -3.04. The van der Waals surface area contributed by atoms with Crippen LogP contribution in [0, 0.1) is 0 Å². The van der Waals surface area contributed by atoms with Crippen molar-refractivity contribution >= 4 is 31.6 Å². The van der Waals surface area contributed by atoms with Crippen LogP contribution in [0.25, 0.3) is 0 Å². The summed E-state index contributed by atoms with van der Waals surface area (Å²) in [4.78, 5) is 2.20. The summed E-state index contributed by atoms with van der Waals surface area (Å²) in [5.41, 5.74) is 1.13. The third-order valence-electron chi connectivity index (χ3n) is 2.72. The van der Waals surface area contributed by atoms with Gasteiger partial charge in [0.05, 0.1) is 5.75 Å². The summed E-state index contributed by atoms with van der Waals surface area (Å²) < 4.78 is 26.4. The van der Waals surface area contributed by atoms with Crippen molar-refractivity contribution < 1.29 is 8.42 Å². The Balaban J connectivity index is 2.08. The molecule has 0 unspecified atom stereocenters. The van der Waals surface area contributed by atoms with Crippen molar-refractivity contribution in [3.63, 3.8) is 0 Å². The number of nitrogens with zero attached hydrogens (tertiary/aromatic N) is 1. The molecule has 6 heteroatoms. The van der Waals surface area contributed by atoms with Crippen molar-refractivity contribution in [2.24, 2.45) is 0 Å². The van der Waals surface area contributed by atoms with Crippen LogP contribution in [0.2, 0.25) is 0 Å². The van der Waals surface area contributed by atoms with Gasteiger partial charge in [0.1, 0.15) is 0 Å². The molecule has 0 aromatic heterocycles. The molecule has 94 valence electrons. The first-order valence-corrected chi connectivity index (χ1v) is 7.99. The predicted molar refractivity (Wildman–Crippen MR) is 72.8 cm³/mol. The van der Waals surface area contributed by atoms with Gasteiger partial charge in [0.15, 0.2) is 0 Å². The van der Waals surface area contributed by atoms with Gasteiger partial charge in [-0.05, 0) is 24.6 Å². The van der Waals surface area contributed by atoms with Gasteiger partial charge in [0.2, 0.25) is 10.0 Å². The topological polar surface area (TPSA) is 49.4 Å². The van der Waals surface area contributed by atoms with Gasteiger partial charge in [-0.1, -0.05) is 22.0 Å². The highest BCUT2D eigenvalue weighted by Gasteiger charge is 2.16. The lowest BCUT2D eigenvalue weighted by molar-refractivity contribution is 0.570. The van der Waals surface area contributed by atoms with Crippen molar-refractivity contribution in [1.29, 1.82) is 0 Å². The Labute approximate surface area is 110 Å². The fourth-order valence-electron chi connectivity index (χ4n) is 1.90. The highest BCUT2D eigenvalue weighted by atomic mass is 79.9. The average Bonchev–Trinajstić information content (AvgIpc) is 2.24. The van der Waals surface area contributed by atoms with Crippen LogP contribution in [-0.4, -0.2) is 33.8 Å². The summed E-state index contributed by atoms with van der Waals surface area (Å²) in [7, 11) is -3.04. The summed E-state index contributed by atoms with van der Waals surface area (Å²) in [6.45, 7) is 1.95. The molecule has 1 saturated heterocycles. The second-order valence-electron chi connectivity index (χ2n) is 4.03. The maximum Gasteiger partial charge on any atom is 0.211 e. The Kier molecular flexibility index (Phi) is 4.06. The zero-order valence-electron chi connectivity index (χ0n) is 9.39. The van der Waals surface area contributed by atoms with E-state index in [1.54, 1.807) is 0 Å². The van der Waals surface area contributed by atoms with Gasteiger partial charge in [-0.25, -0.2) is 13.1 Å². The molecule has 0 saturated carbocycles. The maximum absolute atomic E-state index is 11.4. The van der Waals surface area contributed by atoms with E-state index in [0.29, 0.717) is 19.5 Å². The SMILES string of the molecule is O=S1(=O)CCCN(c2cccc(Br)c2)CCN1. The van der Waals surface area contributed by atoms with E-state index in [1.165, 1.54) is 0 Å². The number of sulfonamides is 1. The van der Waals surface area contributed by atoms with E-state index >= 15 is 0 Å². The average molecular weight is 319 g/mol. The van der Waals surface area contributed by atoms with Gasteiger partial charge in [0.25, 0.3) is 0 Å². The molecule has 0 atom stereocenters. The number of nitrogens with one attached hydrogen (secondary N) is 1. The summed E-state index contributed by atoms with van der Waals surface area (Å²) in [6.07, 6.45) is 0.655. The maximum atomic E-state index is 11.4. The monoisotopic (exact) mass is 318 g/mol. The lowest BCUT2D eigenvalue weighted by atomic mass is 10.2. The summed E-state index contributed by atoms with van der Waals surface area (Å²) in [5, 5.41) is 0. The molecule has 1 aliphatic heterocycles. The van der Waals surface area contributed by atoms with Crippen LogP contribution in [0.4, 0.5) is 5.69 Å². The minimum absolute atomic E-state index is 0.206. The van der Waals surface area contributed by atoms with Crippen LogP contribution in [0.1, 0.15) is 6.42 Å². The lowest BCUT2D eigenvalue weighted by Gasteiger charge is -2.27. The number of hydrogen-bond acceptors (Lipinski definition) is 3. The van der Waals surface area contributed by atoms with Gasteiger partial charge in [-0.3, -0.25) is 0 Å². The van der Waals surface area contributed by atoms with Gasteiger partial charge in [-0.2, -0.15) is 0 Å². The van der Waals surface area contributed by atoms with Crippen molar-refractivity contribution in [3.8, 4) is 0 Å². The second-order valence-corrected chi connectivity index (χ2v) is 6.88. The van der Waals surface area contributed by atoms with E-state index in [-0.39, 0.29) is 5.75 Å². The highest BCUT2D eigenvalue weighted by Crippen LogP contribution is 2.20. The molecule has 1 fully saturated rings. The summed E-state index contributed by atoms with van der Waals surface area (Å²) in [6, 6.07) is 8.07. The van der Waals surface area contributed by atoms with Crippen LogP contribution >= 0.6 is 15.9 Å². The Bertz CT molecular complexity index is 474. The fraction of sp³-hybridized carbons (Fsp3) is 0.455. The third kappa shape index (κ3) is 3.69. The van der Waals surface area contributed by atoms with E-state index in [4.69, 9.17) is 0 Å². The van der Waals surface area contributed by atoms with E-state index in [0.717, 1.165) is 16.7 Å². The van der Waals surface area contributed by atoms with Gasteiger partial charge in [-0.15, -0.1) is 0 Å². The molecule has 0 spiro atoms. The third-order valence-corrected chi connectivity index (χ3v) is 4.68. The predicted octanol–water partition coefficient (Wildman–Crippen LogP) is 1.58. The molecule has 1 aromatic rings. The van der Waals surface area contributed by atoms with Crippen LogP contribution in [0.15, 0.2) is 28.7 Å². The zero-order valence-corrected chi connectivity index (χ0v) is 11.8. The molecule has 1 aliphatic rings. The Morgan fingerprint density at radius 3 is 2.88 bits per heavy atom. The standard InChI is InChI=1S/C11H15BrN2O2S/c12-10-3-1-4-11(9-10)14-6-2-8-17(15,16)13-5-7-14/h1,3-4,9,13H,2,5-8H2. The van der Waals surface area contributed by atoms with Gasteiger partial charge in [0, 0.05) is 29.8 Å². The Morgan fingerprint density at radius 1 is 1.29 bits per heavy atom. The van der Waals surface area contributed by atoms with E-state index in [9.17, 15) is 8.42 Å². The first-order valence-electron chi connectivity index (χ1n) is 5.55. The van der Waals surface area contributed by atoms with Crippen LogP contribution in [0.5, 0.6) is 0 Å². The van der Waals surface area contributed by atoms with Gasteiger partial charge < -0.3 is 4.90 Å². The molecule has 1 aromatic carbocycles. The number of hydrogen-bond donors (Lipinski definition) is 1. The zero-order chi connectivity index (χ0) is 12.3. The molecular weight excluding hydrogens is 304 g/mol. The van der Waals surface area contributed by atoms with E-state index in [2.05, 4.69) is 31.6 Å². The van der Waals surface area contributed by atoms with Gasteiger partial charge >= 0.3 is 0 Å². The molecule has 0 bridgehead atoms. The van der Waals surface area contributed by atoms with E-state index in [1.807, 2.05) is 18.2 Å².